The van der Waals surface area contributed by atoms with Crippen LogP contribution in [0.25, 0.3) is 0 Å². The van der Waals surface area contributed by atoms with Gasteiger partial charge in [-0.05, 0) is 57.9 Å². The van der Waals surface area contributed by atoms with Gasteiger partial charge in [0.05, 0.1) is 0 Å². The molecule has 1 unspecified atom stereocenters. The SMILES string of the molecule is CCCCN(C(=O)C1CCC(CN)CC1)C(C)CC. The van der Waals surface area contributed by atoms with Crippen LogP contribution < -0.4 is 5.73 Å². The van der Waals surface area contributed by atoms with Crippen LogP contribution in [0, 0.1) is 11.8 Å². The topological polar surface area (TPSA) is 46.3 Å². The molecule has 0 aliphatic heterocycles. The summed E-state index contributed by atoms with van der Waals surface area (Å²) in [4.78, 5) is 14.8. The van der Waals surface area contributed by atoms with E-state index in [9.17, 15) is 4.79 Å². The van der Waals surface area contributed by atoms with Crippen LogP contribution in [0.4, 0.5) is 0 Å². The lowest BCUT2D eigenvalue weighted by atomic mass is 9.81. The first kappa shape index (κ1) is 16.5. The second-order valence-corrected chi connectivity index (χ2v) is 6.10. The number of unbranched alkanes of at least 4 members (excludes halogenated alkanes) is 1. The van der Waals surface area contributed by atoms with Gasteiger partial charge >= 0.3 is 0 Å². The molecule has 0 saturated heterocycles. The van der Waals surface area contributed by atoms with Gasteiger partial charge in [0.25, 0.3) is 0 Å². The van der Waals surface area contributed by atoms with Crippen molar-refractivity contribution < 1.29 is 4.79 Å². The predicted octanol–water partition coefficient (Wildman–Crippen LogP) is 3.18. The van der Waals surface area contributed by atoms with Crippen LogP contribution in [-0.2, 0) is 4.79 Å². The van der Waals surface area contributed by atoms with E-state index in [0.29, 0.717) is 17.9 Å². The molecule has 1 aliphatic carbocycles. The highest BCUT2D eigenvalue weighted by atomic mass is 16.2. The van der Waals surface area contributed by atoms with Gasteiger partial charge in [0.2, 0.25) is 5.91 Å². The van der Waals surface area contributed by atoms with Gasteiger partial charge < -0.3 is 10.6 Å². The summed E-state index contributed by atoms with van der Waals surface area (Å²) in [6, 6.07) is 0.381. The normalized spacial score (nSPS) is 25.1. The lowest BCUT2D eigenvalue weighted by Crippen LogP contribution is -2.43. The quantitative estimate of drug-likeness (QED) is 0.771. The number of amides is 1. The van der Waals surface area contributed by atoms with Crippen LogP contribution in [0.3, 0.4) is 0 Å². The number of carbonyl (C=O) groups is 1. The molecule has 3 heteroatoms. The van der Waals surface area contributed by atoms with Gasteiger partial charge in [-0.15, -0.1) is 0 Å². The van der Waals surface area contributed by atoms with Crippen LogP contribution >= 0.6 is 0 Å². The van der Waals surface area contributed by atoms with Gasteiger partial charge in [0.15, 0.2) is 0 Å². The third-order valence-electron chi connectivity index (χ3n) is 4.69. The zero-order valence-electron chi connectivity index (χ0n) is 13.0. The summed E-state index contributed by atoms with van der Waals surface area (Å²) in [6.07, 6.45) is 7.67. The van der Waals surface area contributed by atoms with E-state index in [1.54, 1.807) is 0 Å². The van der Waals surface area contributed by atoms with E-state index in [4.69, 9.17) is 5.73 Å². The number of hydrogen-bond donors (Lipinski definition) is 1. The molecule has 1 saturated carbocycles. The van der Waals surface area contributed by atoms with Crippen molar-refractivity contribution in [1.82, 2.24) is 4.90 Å². The van der Waals surface area contributed by atoms with Gasteiger partial charge in [0, 0.05) is 18.5 Å². The summed E-state index contributed by atoms with van der Waals surface area (Å²) in [6.45, 7) is 8.25. The molecule has 1 rings (SSSR count). The minimum Gasteiger partial charge on any atom is -0.340 e. The maximum Gasteiger partial charge on any atom is 0.225 e. The van der Waals surface area contributed by atoms with Crippen molar-refractivity contribution in [3.63, 3.8) is 0 Å². The molecule has 0 aromatic carbocycles. The number of nitrogens with two attached hydrogens (primary N) is 1. The Morgan fingerprint density at radius 1 is 1.26 bits per heavy atom. The Kier molecular flexibility index (Phi) is 7.44. The highest BCUT2D eigenvalue weighted by Gasteiger charge is 2.30. The first-order valence-corrected chi connectivity index (χ1v) is 8.14. The van der Waals surface area contributed by atoms with Crippen molar-refractivity contribution in [2.45, 2.75) is 71.8 Å². The van der Waals surface area contributed by atoms with Crippen LogP contribution in [-0.4, -0.2) is 29.9 Å². The minimum atomic E-state index is 0.258. The molecule has 1 atom stereocenters. The molecular formula is C16H32N2O. The fraction of sp³-hybridized carbons (Fsp3) is 0.938. The average molecular weight is 268 g/mol. The maximum atomic E-state index is 12.7. The largest absolute Gasteiger partial charge is 0.340 e. The van der Waals surface area contributed by atoms with Crippen molar-refractivity contribution >= 4 is 5.91 Å². The Balaban J connectivity index is 2.55. The Morgan fingerprint density at radius 2 is 1.89 bits per heavy atom. The van der Waals surface area contributed by atoms with E-state index in [2.05, 4.69) is 25.7 Å². The molecule has 0 aromatic heterocycles. The van der Waals surface area contributed by atoms with Crippen LogP contribution in [0.15, 0.2) is 0 Å². The molecular weight excluding hydrogens is 236 g/mol. The van der Waals surface area contributed by atoms with Gasteiger partial charge in [-0.1, -0.05) is 20.3 Å². The van der Waals surface area contributed by atoms with E-state index < -0.39 is 0 Å². The van der Waals surface area contributed by atoms with Crippen molar-refractivity contribution in [2.75, 3.05) is 13.1 Å². The monoisotopic (exact) mass is 268 g/mol. The highest BCUT2D eigenvalue weighted by molar-refractivity contribution is 5.79. The fourth-order valence-corrected chi connectivity index (χ4v) is 2.98. The Morgan fingerprint density at radius 3 is 2.37 bits per heavy atom. The van der Waals surface area contributed by atoms with Crippen molar-refractivity contribution in [1.29, 1.82) is 0 Å². The first-order chi connectivity index (χ1) is 9.13. The van der Waals surface area contributed by atoms with E-state index in [1.165, 1.54) is 0 Å². The third kappa shape index (κ3) is 4.79. The maximum absolute atomic E-state index is 12.7. The van der Waals surface area contributed by atoms with Gasteiger partial charge in [-0.2, -0.15) is 0 Å². The lowest BCUT2D eigenvalue weighted by Gasteiger charge is -2.35. The Labute approximate surface area is 118 Å². The standard InChI is InChI=1S/C16H32N2O/c1-4-6-11-18(13(3)5-2)16(19)15-9-7-14(12-17)8-10-15/h13-15H,4-12,17H2,1-3H3. The Hall–Kier alpha value is -0.570. The van der Waals surface area contributed by atoms with E-state index in [1.807, 2.05) is 0 Å². The fourth-order valence-electron chi connectivity index (χ4n) is 2.98. The smallest absolute Gasteiger partial charge is 0.225 e. The van der Waals surface area contributed by atoms with Gasteiger partial charge in [0.1, 0.15) is 0 Å². The number of carbonyl (C=O) groups excluding carboxylic acids is 1. The predicted molar refractivity (Wildman–Crippen MR) is 80.9 cm³/mol. The van der Waals surface area contributed by atoms with Crippen LogP contribution in [0.1, 0.15) is 65.7 Å². The van der Waals surface area contributed by atoms with E-state index >= 15 is 0 Å². The summed E-state index contributed by atoms with van der Waals surface area (Å²) >= 11 is 0. The van der Waals surface area contributed by atoms with E-state index in [-0.39, 0.29) is 5.92 Å². The first-order valence-electron chi connectivity index (χ1n) is 8.14. The molecule has 3 nitrogen and oxygen atoms in total. The van der Waals surface area contributed by atoms with Crippen LogP contribution in [0.2, 0.25) is 0 Å². The molecule has 19 heavy (non-hydrogen) atoms. The molecule has 1 amide bonds. The Bertz CT molecular complexity index is 259. The van der Waals surface area contributed by atoms with Crippen LogP contribution in [0.5, 0.6) is 0 Å². The zero-order valence-corrected chi connectivity index (χ0v) is 13.0. The summed E-state index contributed by atoms with van der Waals surface area (Å²) in [7, 11) is 0. The second-order valence-electron chi connectivity index (χ2n) is 6.10. The highest BCUT2D eigenvalue weighted by Crippen LogP contribution is 2.30. The number of nitrogens with zero attached hydrogens (tertiary/aromatic N) is 1. The van der Waals surface area contributed by atoms with Crippen molar-refractivity contribution in [2.24, 2.45) is 17.6 Å². The summed E-state index contributed by atoms with van der Waals surface area (Å²) in [5.41, 5.74) is 5.72. The molecule has 0 spiro atoms. The lowest BCUT2D eigenvalue weighted by molar-refractivity contribution is -0.139. The molecule has 1 fully saturated rings. The molecule has 1 aliphatic rings. The molecule has 0 radical (unpaired) electrons. The van der Waals surface area contributed by atoms with E-state index in [0.717, 1.165) is 58.0 Å². The number of rotatable bonds is 7. The summed E-state index contributed by atoms with van der Waals surface area (Å²) in [5, 5.41) is 0. The summed E-state index contributed by atoms with van der Waals surface area (Å²) < 4.78 is 0. The number of hydrogen-bond acceptors (Lipinski definition) is 2. The molecule has 0 bridgehead atoms. The summed E-state index contributed by atoms with van der Waals surface area (Å²) in [5.74, 6) is 1.31. The third-order valence-corrected chi connectivity index (χ3v) is 4.69. The van der Waals surface area contributed by atoms with Crippen molar-refractivity contribution in [3.05, 3.63) is 0 Å². The second kappa shape index (κ2) is 8.57. The molecule has 112 valence electrons. The minimum absolute atomic E-state index is 0.258. The molecule has 0 heterocycles. The zero-order chi connectivity index (χ0) is 14.3. The molecule has 0 aromatic rings. The van der Waals surface area contributed by atoms with Gasteiger partial charge in [-0.3, -0.25) is 4.79 Å². The van der Waals surface area contributed by atoms with Gasteiger partial charge in [-0.25, -0.2) is 0 Å². The average Bonchev–Trinajstić information content (AvgIpc) is 2.47. The molecule has 2 N–H and O–H groups in total. The van der Waals surface area contributed by atoms with Crippen molar-refractivity contribution in [3.8, 4) is 0 Å².